The summed E-state index contributed by atoms with van der Waals surface area (Å²) in [4.78, 5) is 12.6. The minimum atomic E-state index is -0.0669. The smallest absolute Gasteiger partial charge is 0.252 e. The van der Waals surface area contributed by atoms with Crippen LogP contribution in [0.2, 0.25) is 0 Å². The minimum absolute atomic E-state index is 0.0669. The summed E-state index contributed by atoms with van der Waals surface area (Å²) in [5.74, 6) is 0.547. The zero-order chi connectivity index (χ0) is 15.5. The number of benzene rings is 2. The summed E-state index contributed by atoms with van der Waals surface area (Å²) in [7, 11) is 0. The van der Waals surface area contributed by atoms with Gasteiger partial charge >= 0.3 is 0 Å². The maximum atomic E-state index is 12.6. The Hall–Kier alpha value is -2.60. The zero-order valence-electron chi connectivity index (χ0n) is 12.5. The Bertz CT molecular complexity index is 741. The van der Waals surface area contributed by atoms with Crippen molar-refractivity contribution in [2.75, 3.05) is 0 Å². The predicted molar refractivity (Wildman–Crippen MR) is 86.2 cm³/mol. The Labute approximate surface area is 130 Å². The van der Waals surface area contributed by atoms with Gasteiger partial charge in [0, 0.05) is 17.2 Å². The highest BCUT2D eigenvalue weighted by Gasteiger charge is 2.29. The Morgan fingerprint density at radius 1 is 1.14 bits per heavy atom. The Morgan fingerprint density at radius 2 is 1.77 bits per heavy atom. The second-order valence-corrected chi connectivity index (χ2v) is 5.80. The van der Waals surface area contributed by atoms with Crippen molar-refractivity contribution in [3.63, 3.8) is 0 Å². The van der Waals surface area contributed by atoms with Gasteiger partial charge in [-0.25, -0.2) is 0 Å². The van der Waals surface area contributed by atoms with E-state index in [-0.39, 0.29) is 11.9 Å². The Morgan fingerprint density at radius 3 is 2.45 bits per heavy atom. The molecule has 0 aromatic heterocycles. The summed E-state index contributed by atoms with van der Waals surface area (Å²) in [6.07, 6.45) is 2.39. The van der Waals surface area contributed by atoms with Gasteiger partial charge in [0.05, 0.1) is 11.6 Å². The molecule has 3 nitrogen and oxygen atoms in total. The van der Waals surface area contributed by atoms with Crippen molar-refractivity contribution in [3.8, 4) is 17.2 Å². The molecule has 0 radical (unpaired) electrons. The normalized spacial score (nSPS) is 14.9. The zero-order valence-corrected chi connectivity index (χ0v) is 12.5. The second kappa shape index (κ2) is 6.03. The number of amides is 1. The lowest BCUT2D eigenvalue weighted by Gasteiger charge is -2.15. The number of carbonyl (C=O) groups is 1. The molecule has 22 heavy (non-hydrogen) atoms. The minimum Gasteiger partial charge on any atom is -0.349 e. The van der Waals surface area contributed by atoms with E-state index in [0.29, 0.717) is 17.0 Å². The highest BCUT2D eigenvalue weighted by atomic mass is 16.1. The van der Waals surface area contributed by atoms with Crippen LogP contribution in [0, 0.1) is 17.2 Å². The molecule has 1 N–H and O–H groups in total. The second-order valence-electron chi connectivity index (χ2n) is 5.80. The highest BCUT2D eigenvalue weighted by molar-refractivity contribution is 6.01. The van der Waals surface area contributed by atoms with Crippen molar-refractivity contribution in [2.24, 2.45) is 5.92 Å². The molecule has 1 fully saturated rings. The largest absolute Gasteiger partial charge is 0.349 e. The Kier molecular flexibility index (Phi) is 3.93. The Balaban J connectivity index is 1.96. The first-order chi connectivity index (χ1) is 10.7. The molecular weight excluding hydrogens is 272 g/mol. The summed E-state index contributed by atoms with van der Waals surface area (Å²) in [6.45, 7) is 2.06. The molecule has 1 aliphatic rings. The van der Waals surface area contributed by atoms with E-state index in [4.69, 9.17) is 0 Å². The van der Waals surface area contributed by atoms with Crippen LogP contribution in [0.15, 0.2) is 48.5 Å². The fourth-order valence-corrected chi connectivity index (χ4v) is 2.73. The molecule has 1 saturated carbocycles. The molecule has 0 aliphatic heterocycles. The van der Waals surface area contributed by atoms with Crippen molar-refractivity contribution in [2.45, 2.75) is 25.8 Å². The van der Waals surface area contributed by atoms with Gasteiger partial charge < -0.3 is 5.32 Å². The van der Waals surface area contributed by atoms with Crippen molar-refractivity contribution in [3.05, 3.63) is 59.7 Å². The number of nitrogens with zero attached hydrogens (tertiary/aromatic N) is 1. The maximum Gasteiger partial charge on any atom is 0.252 e. The third-order valence-corrected chi connectivity index (χ3v) is 4.20. The van der Waals surface area contributed by atoms with Gasteiger partial charge in [0.1, 0.15) is 0 Å². The molecule has 1 atom stereocenters. The third kappa shape index (κ3) is 2.87. The van der Waals surface area contributed by atoms with Gasteiger partial charge in [-0.3, -0.25) is 4.79 Å². The number of hydrogen-bond acceptors (Lipinski definition) is 2. The van der Waals surface area contributed by atoms with Crippen LogP contribution in [0.25, 0.3) is 11.1 Å². The first kappa shape index (κ1) is 14.3. The van der Waals surface area contributed by atoms with Gasteiger partial charge in [-0.1, -0.05) is 36.4 Å². The molecule has 1 amide bonds. The predicted octanol–water partition coefficient (Wildman–Crippen LogP) is 3.75. The first-order valence-electron chi connectivity index (χ1n) is 7.60. The molecule has 0 unspecified atom stereocenters. The van der Waals surface area contributed by atoms with E-state index in [0.717, 1.165) is 11.1 Å². The molecule has 0 spiro atoms. The lowest BCUT2D eigenvalue weighted by Crippen LogP contribution is -2.34. The van der Waals surface area contributed by atoms with Crippen LogP contribution in [0.3, 0.4) is 0 Å². The van der Waals surface area contributed by atoms with Crippen molar-refractivity contribution in [1.82, 2.24) is 5.32 Å². The van der Waals surface area contributed by atoms with Crippen LogP contribution in [-0.4, -0.2) is 11.9 Å². The van der Waals surface area contributed by atoms with E-state index in [2.05, 4.69) is 18.3 Å². The summed E-state index contributed by atoms with van der Waals surface area (Å²) >= 11 is 0. The number of hydrogen-bond donors (Lipinski definition) is 1. The summed E-state index contributed by atoms with van der Waals surface area (Å²) < 4.78 is 0. The van der Waals surface area contributed by atoms with Crippen LogP contribution < -0.4 is 5.32 Å². The van der Waals surface area contributed by atoms with Crippen LogP contribution in [0.4, 0.5) is 0 Å². The average molecular weight is 290 g/mol. The summed E-state index contributed by atoms with van der Waals surface area (Å²) in [6, 6.07) is 17.2. The molecule has 2 aromatic rings. The number of nitrogens with one attached hydrogen (secondary N) is 1. The molecule has 0 bridgehead atoms. The monoisotopic (exact) mass is 290 g/mol. The van der Waals surface area contributed by atoms with Crippen LogP contribution in [0.5, 0.6) is 0 Å². The first-order valence-corrected chi connectivity index (χ1v) is 7.60. The van der Waals surface area contributed by atoms with E-state index in [1.807, 2.05) is 42.5 Å². The summed E-state index contributed by atoms with van der Waals surface area (Å²) in [5, 5.41) is 12.4. The van der Waals surface area contributed by atoms with E-state index >= 15 is 0 Å². The summed E-state index contributed by atoms with van der Waals surface area (Å²) in [5.41, 5.74) is 2.81. The molecule has 3 heteroatoms. The van der Waals surface area contributed by atoms with Crippen LogP contribution in [0.1, 0.15) is 35.7 Å². The average Bonchev–Trinajstić information content (AvgIpc) is 3.39. The topological polar surface area (TPSA) is 52.9 Å². The molecule has 3 rings (SSSR count). The van der Waals surface area contributed by atoms with E-state index in [1.54, 1.807) is 6.07 Å². The van der Waals surface area contributed by atoms with Crippen molar-refractivity contribution >= 4 is 5.91 Å². The van der Waals surface area contributed by atoms with Crippen molar-refractivity contribution in [1.29, 1.82) is 5.26 Å². The third-order valence-electron chi connectivity index (χ3n) is 4.20. The van der Waals surface area contributed by atoms with E-state index in [1.165, 1.54) is 12.8 Å². The van der Waals surface area contributed by atoms with Gasteiger partial charge in [-0.15, -0.1) is 0 Å². The number of carbonyl (C=O) groups excluding carboxylic acids is 1. The molecular formula is C19H18N2O. The van der Waals surface area contributed by atoms with Crippen molar-refractivity contribution < 1.29 is 4.79 Å². The number of nitriles is 1. The molecule has 1 aliphatic carbocycles. The highest BCUT2D eigenvalue weighted by Crippen LogP contribution is 2.33. The molecule has 0 saturated heterocycles. The van der Waals surface area contributed by atoms with Gasteiger partial charge in [0.2, 0.25) is 0 Å². The fraction of sp³-hybridized carbons (Fsp3) is 0.263. The molecule has 110 valence electrons. The van der Waals surface area contributed by atoms with Gasteiger partial charge in [0.15, 0.2) is 0 Å². The van der Waals surface area contributed by atoms with Gasteiger partial charge in [0.25, 0.3) is 5.91 Å². The number of rotatable bonds is 4. The molecule has 0 heterocycles. The standard InChI is InChI=1S/C19H18N2O/c1-13(14-10-11-14)21-19(22)18-9-5-4-8-17(18)16-7-3-2-6-15(16)12-20/h2-9,13-14H,10-11H2,1H3,(H,21,22)/t13-/m1/s1. The van der Waals surface area contributed by atoms with Gasteiger partial charge in [-0.2, -0.15) is 5.26 Å². The van der Waals surface area contributed by atoms with Crippen LogP contribution in [-0.2, 0) is 0 Å². The van der Waals surface area contributed by atoms with E-state index < -0.39 is 0 Å². The lowest BCUT2D eigenvalue weighted by atomic mass is 9.95. The fourth-order valence-electron chi connectivity index (χ4n) is 2.73. The lowest BCUT2D eigenvalue weighted by molar-refractivity contribution is 0.0936. The van der Waals surface area contributed by atoms with Crippen LogP contribution >= 0.6 is 0 Å². The van der Waals surface area contributed by atoms with Gasteiger partial charge in [-0.05, 0) is 43.4 Å². The van der Waals surface area contributed by atoms with E-state index in [9.17, 15) is 10.1 Å². The molecule has 2 aromatic carbocycles. The maximum absolute atomic E-state index is 12.6. The SMILES string of the molecule is C[C@@H](NC(=O)c1ccccc1-c1ccccc1C#N)C1CC1. The quantitative estimate of drug-likeness (QED) is 0.932.